The fourth-order valence-electron chi connectivity index (χ4n) is 7.07. The molecule has 18 nitrogen and oxygen atoms in total. The van der Waals surface area contributed by atoms with E-state index < -0.39 is 45.0 Å². The summed E-state index contributed by atoms with van der Waals surface area (Å²) < 4.78 is 38.3. The van der Waals surface area contributed by atoms with E-state index in [0.29, 0.717) is 0 Å². The molecule has 6 saturated heterocycles. The maximum Gasteiger partial charge on any atom is 0.218 e. The molecule has 8 aliphatic rings. The van der Waals surface area contributed by atoms with E-state index in [2.05, 4.69) is 60.2 Å². The van der Waals surface area contributed by atoms with Gasteiger partial charge in [-0.15, -0.1) is 0 Å². The molecule has 2 unspecified atom stereocenters. The van der Waals surface area contributed by atoms with Gasteiger partial charge in [0.15, 0.2) is 0 Å². The van der Waals surface area contributed by atoms with Gasteiger partial charge in [0.05, 0.1) is 0 Å². The molecule has 0 radical (unpaired) electrons. The van der Waals surface area contributed by atoms with E-state index in [1.165, 1.54) is 0 Å². The molecule has 2 atom stereocenters. The summed E-state index contributed by atoms with van der Waals surface area (Å²) in [7, 11) is -13.6. The van der Waals surface area contributed by atoms with Crippen molar-refractivity contribution in [3.63, 3.8) is 0 Å². The molecule has 0 amide bonds. The van der Waals surface area contributed by atoms with Gasteiger partial charge in [-0.2, -0.15) is 27.1 Å². The standard InChI is InChI=1S/C22H54N18P6/c1(19-39-21-7-17-31-45(39)35-41(23-9-3-10-24-41)33-42(36-45)25-11-4-12-26-42)2-20-40-22-8-18-32-46(40)37-43(27-13-5-14-28-43)34-44(38-46)29-15-6-16-30-44/h23-32H,1-22H2. The van der Waals surface area contributed by atoms with Gasteiger partial charge in [0.1, 0.15) is 0 Å². The quantitative estimate of drug-likeness (QED) is 0.140. The van der Waals surface area contributed by atoms with Gasteiger partial charge >= 0.3 is 0 Å². The van der Waals surface area contributed by atoms with Crippen molar-refractivity contribution >= 4 is 45.0 Å². The Morgan fingerprint density at radius 3 is 1.00 bits per heavy atom. The van der Waals surface area contributed by atoms with Crippen LogP contribution in [0.3, 0.4) is 0 Å². The molecule has 8 heterocycles. The third kappa shape index (κ3) is 6.91. The van der Waals surface area contributed by atoms with Gasteiger partial charge in [0.2, 0.25) is 45.0 Å². The maximum atomic E-state index is 5.58. The Morgan fingerprint density at radius 1 is 0.348 bits per heavy atom. The molecule has 0 bridgehead atoms. The highest BCUT2D eigenvalue weighted by atomic mass is 31.3. The largest absolute Gasteiger partial charge is 0.253 e. The minimum Gasteiger partial charge on any atom is -0.253 e. The van der Waals surface area contributed by atoms with E-state index in [9.17, 15) is 0 Å². The van der Waals surface area contributed by atoms with Crippen LogP contribution in [0.5, 0.6) is 0 Å². The molecule has 8 aliphatic heterocycles. The summed E-state index contributed by atoms with van der Waals surface area (Å²) in [6.45, 7) is 13.5. The van der Waals surface area contributed by atoms with Crippen LogP contribution in [0.2, 0.25) is 0 Å². The Morgan fingerprint density at radius 2 is 0.652 bits per heavy atom. The van der Waals surface area contributed by atoms with Crippen molar-refractivity contribution in [3.05, 3.63) is 0 Å². The van der Waals surface area contributed by atoms with Crippen LogP contribution in [-0.4, -0.2) is 101 Å². The van der Waals surface area contributed by atoms with Gasteiger partial charge in [-0.05, 0) is 51.4 Å². The summed E-state index contributed by atoms with van der Waals surface area (Å²) in [5, 5.41) is 37.8. The van der Waals surface area contributed by atoms with Gasteiger partial charge in [0, 0.05) is 91.6 Å². The van der Waals surface area contributed by atoms with Gasteiger partial charge < -0.3 is 0 Å². The number of hydrogen-bond acceptors (Lipinski definition) is 18. The number of rotatable bonds is 5. The van der Waals surface area contributed by atoms with Crippen molar-refractivity contribution < 1.29 is 0 Å². The first-order valence-corrected chi connectivity index (χ1v) is 27.4. The first-order valence-electron chi connectivity index (χ1n) is 17.3. The Balaban J connectivity index is 1.03. The third-order valence-electron chi connectivity index (χ3n) is 9.31. The highest BCUT2D eigenvalue weighted by Gasteiger charge is 2.44. The predicted octanol–water partition coefficient (Wildman–Crippen LogP) is 4.39. The first-order chi connectivity index (χ1) is 22.5. The molecular formula is C22H54N18P6. The molecule has 262 valence electrons. The zero-order valence-corrected chi connectivity index (χ0v) is 32.2. The van der Waals surface area contributed by atoms with E-state index in [-0.39, 0.29) is 0 Å². The highest BCUT2D eigenvalue weighted by Crippen LogP contribution is 2.75. The van der Waals surface area contributed by atoms with Crippen LogP contribution >= 0.6 is 45.0 Å². The monoisotopic (exact) mass is 756 g/mol. The zero-order chi connectivity index (χ0) is 31.0. The van der Waals surface area contributed by atoms with Crippen LogP contribution in [0.25, 0.3) is 0 Å². The lowest BCUT2D eigenvalue weighted by molar-refractivity contribution is 0.365. The SMILES string of the molecule is C1CNP2(=NP3(=NP4(=N2)NCCCN4CCCCN2CCCNP24=NP2(=NP5(=N4)NCCCN5)NCCCN2)NCCCN3)NC1. The number of nitrogens with one attached hydrogen (secondary N) is 10. The van der Waals surface area contributed by atoms with Gasteiger partial charge in [-0.1, -0.05) is 0 Å². The average molecular weight is 757 g/mol. The van der Waals surface area contributed by atoms with E-state index in [1.54, 1.807) is 0 Å². The molecule has 24 heteroatoms. The summed E-state index contributed by atoms with van der Waals surface area (Å²) in [6.07, 6.45) is 8.81. The Labute approximate surface area is 274 Å². The first kappa shape index (κ1) is 34.0. The van der Waals surface area contributed by atoms with Crippen molar-refractivity contribution in [1.82, 2.24) is 60.2 Å². The van der Waals surface area contributed by atoms with Crippen LogP contribution in [-0.2, 0) is 0 Å². The van der Waals surface area contributed by atoms with E-state index in [0.717, 1.165) is 143 Å². The lowest BCUT2D eigenvalue weighted by atomic mass is 10.3. The van der Waals surface area contributed by atoms with E-state index in [1.807, 2.05) is 0 Å². The molecule has 0 aromatic rings. The lowest BCUT2D eigenvalue weighted by Crippen LogP contribution is -2.41. The molecule has 0 aromatic heterocycles. The summed E-state index contributed by atoms with van der Waals surface area (Å²) in [5.41, 5.74) is 0. The molecular weight excluding hydrogens is 702 g/mol. The Hall–Kier alpha value is 0.900. The van der Waals surface area contributed by atoms with Crippen LogP contribution in [0.1, 0.15) is 51.4 Å². The third-order valence-corrected chi connectivity index (χ3v) is 30.6. The van der Waals surface area contributed by atoms with Crippen molar-refractivity contribution in [2.24, 2.45) is 27.1 Å². The second kappa shape index (κ2) is 14.1. The maximum absolute atomic E-state index is 5.58. The van der Waals surface area contributed by atoms with Gasteiger partial charge in [-0.25, -0.2) is 9.34 Å². The minimum atomic E-state index is -2.32. The van der Waals surface area contributed by atoms with Crippen LogP contribution in [0.15, 0.2) is 27.1 Å². The molecule has 0 aromatic carbocycles. The summed E-state index contributed by atoms with van der Waals surface area (Å²) in [4.78, 5) is 0. The fourth-order valence-corrected chi connectivity index (χ4v) is 32.7. The zero-order valence-electron chi connectivity index (χ0n) is 26.8. The molecule has 46 heavy (non-hydrogen) atoms. The van der Waals surface area contributed by atoms with Crippen molar-refractivity contribution in [2.45, 2.75) is 51.4 Å². The number of unbranched alkanes of at least 4 members (excludes halogenated alkanes) is 1. The lowest BCUT2D eigenvalue weighted by Gasteiger charge is -2.46. The molecule has 8 rings (SSSR count). The summed E-state index contributed by atoms with van der Waals surface area (Å²) in [5.74, 6) is 0. The second-order valence-electron chi connectivity index (χ2n) is 12.9. The molecule has 0 saturated carbocycles. The molecule has 6 fully saturated rings. The van der Waals surface area contributed by atoms with E-state index >= 15 is 0 Å². The van der Waals surface area contributed by atoms with Crippen molar-refractivity contribution in [3.8, 4) is 0 Å². The highest BCUT2D eigenvalue weighted by molar-refractivity contribution is 7.84. The average Bonchev–Trinajstić information content (AvgIpc) is 3.05. The molecule has 0 aliphatic carbocycles. The van der Waals surface area contributed by atoms with Crippen LogP contribution < -0.4 is 50.9 Å². The Kier molecular flexibility index (Phi) is 10.5. The number of hydrogen-bond donors (Lipinski definition) is 10. The topological polar surface area (TPSA) is 201 Å². The van der Waals surface area contributed by atoms with E-state index in [4.69, 9.17) is 27.1 Å². The molecule has 6 spiro atoms. The second-order valence-corrected chi connectivity index (χ2v) is 28.6. The summed E-state index contributed by atoms with van der Waals surface area (Å²) in [6, 6.07) is 0. The fraction of sp³-hybridized carbons (Fsp3) is 1.00. The van der Waals surface area contributed by atoms with Crippen LogP contribution in [0, 0.1) is 0 Å². The minimum absolute atomic E-state index is 0.953. The Bertz CT molecular complexity index is 1320. The molecule has 10 N–H and O–H groups in total. The predicted molar refractivity (Wildman–Crippen MR) is 196 cm³/mol. The number of nitrogens with zero attached hydrogens (tertiary/aromatic N) is 8. The smallest absolute Gasteiger partial charge is 0.218 e. The normalized spacial score (nSPS) is 36.8. The van der Waals surface area contributed by atoms with Gasteiger partial charge in [0.25, 0.3) is 0 Å². The van der Waals surface area contributed by atoms with Crippen molar-refractivity contribution in [1.29, 1.82) is 0 Å². The summed E-state index contributed by atoms with van der Waals surface area (Å²) >= 11 is 0. The van der Waals surface area contributed by atoms with Crippen molar-refractivity contribution in [2.75, 3.05) is 91.6 Å². The van der Waals surface area contributed by atoms with Gasteiger partial charge in [-0.3, -0.25) is 50.9 Å². The van der Waals surface area contributed by atoms with Crippen LogP contribution in [0.4, 0.5) is 0 Å².